The molecule has 0 bridgehead atoms. The number of hydrogen-bond acceptors (Lipinski definition) is 3. The van der Waals surface area contributed by atoms with Crippen LogP contribution in [0.15, 0.2) is 36.4 Å². The van der Waals surface area contributed by atoms with Gasteiger partial charge in [0.05, 0.1) is 27.0 Å². The molecule has 1 N–H and O–H groups in total. The molecule has 1 saturated heterocycles. The minimum Gasteiger partial charge on any atom is -0.325 e. The van der Waals surface area contributed by atoms with Gasteiger partial charge in [-0.3, -0.25) is 4.79 Å². The molecule has 2 aromatic carbocycles. The highest BCUT2D eigenvalue weighted by molar-refractivity contribution is 7.88. The number of piperidine rings is 1. The van der Waals surface area contributed by atoms with Gasteiger partial charge in [-0.2, -0.15) is 13.2 Å². The lowest BCUT2D eigenvalue weighted by Crippen LogP contribution is -2.42. The number of rotatable bonds is 5. The summed E-state index contributed by atoms with van der Waals surface area (Å²) < 4.78 is 66.4. The topological polar surface area (TPSA) is 66.5 Å². The summed E-state index contributed by atoms with van der Waals surface area (Å²) >= 11 is 17.4. The Bertz CT molecular complexity index is 1120. The Morgan fingerprint density at radius 2 is 1.69 bits per heavy atom. The van der Waals surface area contributed by atoms with Gasteiger partial charge < -0.3 is 5.32 Å². The van der Waals surface area contributed by atoms with Crippen molar-refractivity contribution in [2.75, 3.05) is 18.4 Å². The van der Waals surface area contributed by atoms with Crippen molar-refractivity contribution >= 4 is 56.4 Å². The van der Waals surface area contributed by atoms with Crippen molar-refractivity contribution < 1.29 is 26.4 Å². The normalized spacial score (nSPS) is 16.2. The number of amides is 1. The van der Waals surface area contributed by atoms with Crippen LogP contribution in [0.5, 0.6) is 0 Å². The Hall–Kier alpha value is -1.52. The number of carbonyl (C=O) groups is 1. The summed E-state index contributed by atoms with van der Waals surface area (Å²) in [7, 11) is -3.67. The standard InChI is InChI=1S/C20H18Cl3F3N2O3S/c21-14-2-4-18(15(10-14)20(24,25)26)27-19(29)13-5-7-28(8-6-13)32(30,31)11-12-1-3-16(22)17(23)9-12/h1-4,9-10,13H,5-8,11H2,(H,27,29). The molecule has 5 nitrogen and oxygen atoms in total. The number of anilines is 1. The Labute approximate surface area is 198 Å². The monoisotopic (exact) mass is 528 g/mol. The van der Waals surface area contributed by atoms with E-state index in [4.69, 9.17) is 34.8 Å². The van der Waals surface area contributed by atoms with Crippen molar-refractivity contribution in [3.8, 4) is 0 Å². The zero-order valence-electron chi connectivity index (χ0n) is 16.4. The Morgan fingerprint density at radius 3 is 2.28 bits per heavy atom. The Balaban J connectivity index is 1.63. The molecule has 0 radical (unpaired) electrons. The molecule has 0 saturated carbocycles. The predicted octanol–water partition coefficient (Wildman–Crippen LogP) is 5.85. The maximum atomic E-state index is 13.2. The zero-order valence-corrected chi connectivity index (χ0v) is 19.5. The SMILES string of the molecule is O=C(Nc1ccc(Cl)cc1C(F)(F)F)C1CCN(S(=O)(=O)Cc2ccc(Cl)c(Cl)c2)CC1. The summed E-state index contributed by atoms with van der Waals surface area (Å²) in [6.07, 6.45) is -4.32. The highest BCUT2D eigenvalue weighted by atomic mass is 35.5. The van der Waals surface area contributed by atoms with E-state index in [2.05, 4.69) is 5.32 Å². The van der Waals surface area contributed by atoms with E-state index in [1.165, 1.54) is 22.5 Å². The zero-order chi connectivity index (χ0) is 23.7. The molecule has 1 fully saturated rings. The average molecular weight is 530 g/mol. The van der Waals surface area contributed by atoms with Crippen molar-refractivity contribution in [3.63, 3.8) is 0 Å². The van der Waals surface area contributed by atoms with E-state index >= 15 is 0 Å². The molecular formula is C20H18Cl3F3N2O3S. The number of halogens is 6. The molecule has 2 aromatic rings. The van der Waals surface area contributed by atoms with Gasteiger partial charge in [-0.05, 0) is 48.7 Å². The highest BCUT2D eigenvalue weighted by Gasteiger charge is 2.36. The molecule has 0 unspecified atom stereocenters. The molecule has 174 valence electrons. The van der Waals surface area contributed by atoms with E-state index in [-0.39, 0.29) is 47.4 Å². The van der Waals surface area contributed by atoms with Gasteiger partial charge in [-0.25, -0.2) is 12.7 Å². The lowest BCUT2D eigenvalue weighted by molar-refractivity contribution is -0.137. The molecular weight excluding hydrogens is 512 g/mol. The number of benzene rings is 2. The van der Waals surface area contributed by atoms with E-state index < -0.39 is 33.6 Å². The molecule has 0 atom stereocenters. The van der Waals surface area contributed by atoms with Gasteiger partial charge in [0.15, 0.2) is 0 Å². The fraction of sp³-hybridized carbons (Fsp3) is 0.350. The van der Waals surface area contributed by atoms with E-state index in [1.807, 2.05) is 0 Å². The summed E-state index contributed by atoms with van der Waals surface area (Å²) in [4.78, 5) is 12.5. The first kappa shape index (κ1) is 25.1. The smallest absolute Gasteiger partial charge is 0.325 e. The maximum absolute atomic E-state index is 13.2. The van der Waals surface area contributed by atoms with Crippen LogP contribution in [-0.4, -0.2) is 31.7 Å². The van der Waals surface area contributed by atoms with Gasteiger partial charge in [0.25, 0.3) is 0 Å². The molecule has 1 aliphatic heterocycles. The molecule has 32 heavy (non-hydrogen) atoms. The summed E-state index contributed by atoms with van der Waals surface area (Å²) in [5.41, 5.74) is -0.955. The van der Waals surface area contributed by atoms with Crippen LogP contribution in [0.3, 0.4) is 0 Å². The van der Waals surface area contributed by atoms with Crippen LogP contribution >= 0.6 is 34.8 Å². The second kappa shape index (κ2) is 9.77. The highest BCUT2D eigenvalue weighted by Crippen LogP contribution is 2.37. The van der Waals surface area contributed by atoms with E-state index in [0.29, 0.717) is 10.6 Å². The van der Waals surface area contributed by atoms with Crippen LogP contribution < -0.4 is 5.32 Å². The van der Waals surface area contributed by atoms with Crippen LogP contribution in [0.2, 0.25) is 15.1 Å². The van der Waals surface area contributed by atoms with Crippen molar-refractivity contribution in [2.24, 2.45) is 5.92 Å². The molecule has 0 aliphatic carbocycles. The number of nitrogens with zero attached hydrogens (tertiary/aromatic N) is 1. The quantitative estimate of drug-likeness (QED) is 0.529. The van der Waals surface area contributed by atoms with Crippen molar-refractivity contribution in [1.82, 2.24) is 4.31 Å². The van der Waals surface area contributed by atoms with Crippen LogP contribution in [0.1, 0.15) is 24.0 Å². The van der Waals surface area contributed by atoms with Gasteiger partial charge >= 0.3 is 6.18 Å². The largest absolute Gasteiger partial charge is 0.418 e. The number of hydrogen-bond donors (Lipinski definition) is 1. The van der Waals surface area contributed by atoms with Crippen LogP contribution in [0.25, 0.3) is 0 Å². The van der Waals surface area contributed by atoms with E-state index in [1.54, 1.807) is 6.07 Å². The second-order valence-corrected chi connectivity index (χ2v) is 10.6. The first-order valence-corrected chi connectivity index (χ1v) is 12.2. The number of nitrogens with one attached hydrogen (secondary N) is 1. The fourth-order valence-corrected chi connectivity index (χ4v) is 5.47. The lowest BCUT2D eigenvalue weighted by atomic mass is 9.97. The van der Waals surface area contributed by atoms with Crippen LogP contribution in [0.4, 0.5) is 18.9 Å². The molecule has 1 heterocycles. The van der Waals surface area contributed by atoms with Gasteiger partial charge in [-0.15, -0.1) is 0 Å². The maximum Gasteiger partial charge on any atom is 0.418 e. The molecule has 12 heteroatoms. The second-order valence-electron chi connectivity index (χ2n) is 7.35. The fourth-order valence-electron chi connectivity index (χ4n) is 3.42. The Kier molecular flexibility index (Phi) is 7.66. The predicted molar refractivity (Wildman–Crippen MR) is 118 cm³/mol. The first-order chi connectivity index (χ1) is 14.9. The minimum atomic E-state index is -4.69. The summed E-state index contributed by atoms with van der Waals surface area (Å²) in [6, 6.07) is 7.65. The molecule has 0 aromatic heterocycles. The molecule has 1 aliphatic rings. The number of alkyl halides is 3. The third kappa shape index (κ3) is 6.08. The van der Waals surface area contributed by atoms with Gasteiger partial charge in [0.2, 0.25) is 15.9 Å². The van der Waals surface area contributed by atoms with Crippen LogP contribution in [0, 0.1) is 5.92 Å². The Morgan fingerprint density at radius 1 is 1.03 bits per heavy atom. The summed E-state index contributed by atoms with van der Waals surface area (Å²) in [6.45, 7) is 0.156. The van der Waals surface area contributed by atoms with Crippen molar-refractivity contribution in [1.29, 1.82) is 0 Å². The summed E-state index contributed by atoms with van der Waals surface area (Å²) in [5, 5.41) is 2.76. The molecule has 3 rings (SSSR count). The van der Waals surface area contributed by atoms with E-state index in [9.17, 15) is 26.4 Å². The van der Waals surface area contributed by atoms with Crippen molar-refractivity contribution in [2.45, 2.75) is 24.8 Å². The van der Waals surface area contributed by atoms with Gasteiger partial charge in [0.1, 0.15) is 0 Å². The van der Waals surface area contributed by atoms with Crippen LogP contribution in [-0.2, 0) is 26.7 Å². The third-order valence-electron chi connectivity index (χ3n) is 5.10. The van der Waals surface area contributed by atoms with Crippen molar-refractivity contribution in [3.05, 3.63) is 62.6 Å². The summed E-state index contributed by atoms with van der Waals surface area (Å²) in [5.74, 6) is -1.50. The molecule has 0 spiro atoms. The first-order valence-electron chi connectivity index (χ1n) is 9.46. The van der Waals surface area contributed by atoms with Gasteiger partial charge in [-0.1, -0.05) is 40.9 Å². The third-order valence-corrected chi connectivity index (χ3v) is 7.92. The molecule has 1 amide bonds. The number of sulfonamides is 1. The average Bonchev–Trinajstić information content (AvgIpc) is 2.71. The van der Waals surface area contributed by atoms with E-state index in [0.717, 1.165) is 12.1 Å². The van der Waals surface area contributed by atoms with Gasteiger partial charge in [0, 0.05) is 24.0 Å². The minimum absolute atomic E-state index is 0.0779. The lowest BCUT2D eigenvalue weighted by Gasteiger charge is -2.30. The number of carbonyl (C=O) groups excluding carboxylic acids is 1.